The third kappa shape index (κ3) is 2.53. The molecule has 1 aliphatic rings. The lowest BCUT2D eigenvalue weighted by molar-refractivity contribution is -0.119. The first-order valence-electron chi connectivity index (χ1n) is 5.42. The summed E-state index contributed by atoms with van der Waals surface area (Å²) in [5.41, 5.74) is 0.477. The summed E-state index contributed by atoms with van der Waals surface area (Å²) in [6.45, 7) is 0.504. The van der Waals surface area contributed by atoms with E-state index in [0.29, 0.717) is 18.7 Å². The summed E-state index contributed by atoms with van der Waals surface area (Å²) in [5, 5.41) is 14.6. The smallest absolute Gasteiger partial charge is 0.220 e. The van der Waals surface area contributed by atoms with E-state index in [0.717, 1.165) is 6.42 Å². The van der Waals surface area contributed by atoms with Crippen molar-refractivity contribution in [3.63, 3.8) is 0 Å². The second-order valence-electron chi connectivity index (χ2n) is 3.96. The van der Waals surface area contributed by atoms with Crippen LogP contribution in [0, 0.1) is 17.1 Å². The van der Waals surface area contributed by atoms with E-state index in [2.05, 4.69) is 10.6 Å². The van der Waals surface area contributed by atoms with Gasteiger partial charge in [-0.2, -0.15) is 5.26 Å². The SMILES string of the molecule is N#Cc1c(F)cccc1NCC1CCC(=O)N1. The van der Waals surface area contributed by atoms with Gasteiger partial charge in [-0.05, 0) is 18.6 Å². The zero-order valence-electron chi connectivity index (χ0n) is 9.16. The van der Waals surface area contributed by atoms with E-state index in [1.165, 1.54) is 6.07 Å². The first kappa shape index (κ1) is 11.4. The second-order valence-corrected chi connectivity index (χ2v) is 3.96. The van der Waals surface area contributed by atoms with Crippen LogP contribution < -0.4 is 10.6 Å². The van der Waals surface area contributed by atoms with E-state index >= 15 is 0 Å². The number of rotatable bonds is 3. The topological polar surface area (TPSA) is 64.9 Å². The highest BCUT2D eigenvalue weighted by atomic mass is 19.1. The van der Waals surface area contributed by atoms with Crippen molar-refractivity contribution in [2.45, 2.75) is 18.9 Å². The molecule has 0 aromatic heterocycles. The standard InChI is InChI=1S/C12H12FN3O/c13-10-2-1-3-11(9(10)6-14)15-7-8-4-5-12(17)16-8/h1-3,8,15H,4-5,7H2,(H,16,17). The molecule has 1 atom stereocenters. The summed E-state index contributed by atoms with van der Waals surface area (Å²) in [5.74, 6) is -0.496. The number of hydrogen-bond acceptors (Lipinski definition) is 3. The van der Waals surface area contributed by atoms with Crippen LogP contribution in [0.4, 0.5) is 10.1 Å². The van der Waals surface area contributed by atoms with Gasteiger partial charge in [0.05, 0.1) is 5.69 Å². The number of nitriles is 1. The fraction of sp³-hybridized carbons (Fsp3) is 0.333. The molecule has 1 unspecified atom stereocenters. The molecule has 0 bridgehead atoms. The first-order chi connectivity index (χ1) is 8.20. The average molecular weight is 233 g/mol. The Bertz CT molecular complexity index is 481. The Morgan fingerprint density at radius 2 is 2.41 bits per heavy atom. The molecule has 5 heteroatoms. The van der Waals surface area contributed by atoms with Crippen LogP contribution in [0.5, 0.6) is 0 Å². The van der Waals surface area contributed by atoms with Gasteiger partial charge in [-0.15, -0.1) is 0 Å². The van der Waals surface area contributed by atoms with Crippen LogP contribution in [-0.2, 0) is 4.79 Å². The van der Waals surface area contributed by atoms with Crippen molar-refractivity contribution in [2.24, 2.45) is 0 Å². The van der Waals surface area contributed by atoms with Gasteiger partial charge < -0.3 is 10.6 Å². The summed E-state index contributed by atoms with van der Waals surface area (Å²) < 4.78 is 13.3. The molecule has 0 spiro atoms. The molecule has 0 aliphatic carbocycles. The van der Waals surface area contributed by atoms with Gasteiger partial charge in [0.25, 0.3) is 0 Å². The fourth-order valence-corrected chi connectivity index (χ4v) is 1.85. The molecular weight excluding hydrogens is 221 g/mol. The number of benzene rings is 1. The van der Waals surface area contributed by atoms with Gasteiger partial charge in [-0.1, -0.05) is 6.07 Å². The van der Waals surface area contributed by atoms with Crippen molar-refractivity contribution >= 4 is 11.6 Å². The average Bonchev–Trinajstić information content (AvgIpc) is 2.72. The van der Waals surface area contributed by atoms with Crippen LogP contribution in [0.2, 0.25) is 0 Å². The molecule has 0 saturated carbocycles. The molecule has 2 N–H and O–H groups in total. The molecule has 1 amide bonds. The maximum absolute atomic E-state index is 13.3. The third-order valence-corrected chi connectivity index (χ3v) is 2.75. The number of amides is 1. The highest BCUT2D eigenvalue weighted by Gasteiger charge is 2.20. The van der Waals surface area contributed by atoms with E-state index in [1.807, 2.05) is 6.07 Å². The van der Waals surface area contributed by atoms with Crippen LogP contribution in [-0.4, -0.2) is 18.5 Å². The minimum absolute atomic E-state index is 0.0109. The maximum atomic E-state index is 13.3. The van der Waals surface area contributed by atoms with E-state index < -0.39 is 5.82 Å². The zero-order valence-corrected chi connectivity index (χ0v) is 9.16. The molecule has 1 saturated heterocycles. The molecule has 88 valence electrons. The Morgan fingerprint density at radius 1 is 1.59 bits per heavy atom. The summed E-state index contributed by atoms with van der Waals surface area (Å²) in [6, 6.07) is 6.33. The van der Waals surface area contributed by atoms with E-state index in [4.69, 9.17) is 5.26 Å². The van der Waals surface area contributed by atoms with Crippen molar-refractivity contribution < 1.29 is 9.18 Å². The highest BCUT2D eigenvalue weighted by molar-refractivity contribution is 5.78. The van der Waals surface area contributed by atoms with Gasteiger partial charge >= 0.3 is 0 Å². The number of carbonyl (C=O) groups excluding carboxylic acids is 1. The number of carbonyl (C=O) groups is 1. The predicted molar refractivity (Wildman–Crippen MR) is 60.8 cm³/mol. The molecule has 1 fully saturated rings. The summed E-state index contributed by atoms with van der Waals surface area (Å²) in [7, 11) is 0. The monoisotopic (exact) mass is 233 g/mol. The number of nitrogens with one attached hydrogen (secondary N) is 2. The van der Waals surface area contributed by atoms with Crippen molar-refractivity contribution in [3.8, 4) is 6.07 Å². The fourth-order valence-electron chi connectivity index (χ4n) is 1.85. The van der Waals surface area contributed by atoms with E-state index in [1.54, 1.807) is 12.1 Å². The van der Waals surface area contributed by atoms with Crippen molar-refractivity contribution in [1.29, 1.82) is 5.26 Å². The van der Waals surface area contributed by atoms with Crippen molar-refractivity contribution in [3.05, 3.63) is 29.6 Å². The minimum atomic E-state index is -0.534. The zero-order chi connectivity index (χ0) is 12.3. The minimum Gasteiger partial charge on any atom is -0.382 e. The first-order valence-corrected chi connectivity index (χ1v) is 5.42. The normalized spacial score (nSPS) is 18.6. The Balaban J connectivity index is 2.02. The Kier molecular flexibility index (Phi) is 3.24. The Hall–Kier alpha value is -2.09. The predicted octanol–water partition coefficient (Wildman–Crippen LogP) is 1.39. The number of nitrogens with zero attached hydrogens (tertiary/aromatic N) is 1. The lowest BCUT2D eigenvalue weighted by atomic mass is 10.1. The number of halogens is 1. The quantitative estimate of drug-likeness (QED) is 0.829. The van der Waals surface area contributed by atoms with Gasteiger partial charge in [0.1, 0.15) is 17.4 Å². The van der Waals surface area contributed by atoms with Crippen LogP contribution in [0.3, 0.4) is 0 Å². The maximum Gasteiger partial charge on any atom is 0.220 e. The second kappa shape index (κ2) is 4.83. The molecule has 1 heterocycles. The van der Waals surface area contributed by atoms with Gasteiger partial charge in [-0.25, -0.2) is 4.39 Å². The van der Waals surface area contributed by atoms with E-state index in [-0.39, 0.29) is 17.5 Å². The van der Waals surface area contributed by atoms with E-state index in [9.17, 15) is 9.18 Å². The lowest BCUT2D eigenvalue weighted by Gasteiger charge is -2.13. The number of anilines is 1. The lowest BCUT2D eigenvalue weighted by Crippen LogP contribution is -2.31. The van der Waals surface area contributed by atoms with Crippen LogP contribution in [0.25, 0.3) is 0 Å². The molecule has 0 radical (unpaired) electrons. The van der Waals surface area contributed by atoms with Gasteiger partial charge in [0.15, 0.2) is 0 Å². The molecule has 1 aliphatic heterocycles. The Labute approximate surface area is 98.4 Å². The largest absolute Gasteiger partial charge is 0.382 e. The van der Waals surface area contributed by atoms with Crippen LogP contribution in [0.1, 0.15) is 18.4 Å². The molecule has 2 rings (SSSR count). The highest BCUT2D eigenvalue weighted by Crippen LogP contribution is 2.18. The number of hydrogen-bond donors (Lipinski definition) is 2. The Morgan fingerprint density at radius 3 is 3.06 bits per heavy atom. The van der Waals surface area contributed by atoms with Crippen LogP contribution >= 0.6 is 0 Å². The molecular formula is C12H12FN3O. The van der Waals surface area contributed by atoms with Gasteiger partial charge in [0.2, 0.25) is 5.91 Å². The molecule has 1 aromatic carbocycles. The summed E-state index contributed by atoms with van der Waals surface area (Å²) in [4.78, 5) is 11.0. The summed E-state index contributed by atoms with van der Waals surface area (Å²) >= 11 is 0. The van der Waals surface area contributed by atoms with Gasteiger partial charge in [-0.3, -0.25) is 4.79 Å². The molecule has 17 heavy (non-hydrogen) atoms. The molecule has 4 nitrogen and oxygen atoms in total. The van der Waals surface area contributed by atoms with Crippen LogP contribution in [0.15, 0.2) is 18.2 Å². The summed E-state index contributed by atoms with van der Waals surface area (Å²) in [6.07, 6.45) is 1.30. The van der Waals surface area contributed by atoms with Crippen molar-refractivity contribution in [1.82, 2.24) is 5.32 Å². The van der Waals surface area contributed by atoms with Gasteiger partial charge in [0, 0.05) is 19.0 Å². The molecule has 1 aromatic rings. The van der Waals surface area contributed by atoms with Crippen molar-refractivity contribution in [2.75, 3.05) is 11.9 Å². The third-order valence-electron chi connectivity index (χ3n) is 2.75.